The number of carbonyl (C=O) groups excluding carboxylic acids is 2. The van der Waals surface area contributed by atoms with E-state index in [0.29, 0.717) is 0 Å². The van der Waals surface area contributed by atoms with Gasteiger partial charge in [0, 0.05) is 30.3 Å². The smallest absolute Gasteiger partial charge is 0.261 e. The summed E-state index contributed by atoms with van der Waals surface area (Å²) in [6.07, 6.45) is 0.975. The fourth-order valence-electron chi connectivity index (χ4n) is 2.42. The van der Waals surface area contributed by atoms with Gasteiger partial charge in [-0.25, -0.2) is 8.42 Å². The quantitative estimate of drug-likeness (QED) is 0.516. The highest BCUT2D eigenvalue weighted by molar-refractivity contribution is 7.92. The normalized spacial score (nSPS) is 12.1. The third-order valence-electron chi connectivity index (χ3n) is 4.24. The minimum absolute atomic E-state index is 0.0564. The molecule has 2 rings (SSSR count). The maximum absolute atomic E-state index is 12.5. The first-order valence-electron chi connectivity index (χ1n) is 9.28. The minimum atomic E-state index is -3.92. The van der Waals surface area contributed by atoms with Crippen molar-refractivity contribution in [3.63, 3.8) is 0 Å². The molecule has 2 aromatic carbocycles. The number of anilines is 1. The predicted molar refractivity (Wildman–Crippen MR) is 119 cm³/mol. The van der Waals surface area contributed by atoms with Gasteiger partial charge in [-0.15, -0.1) is 0 Å². The average molecular weight is 472 g/mol. The summed E-state index contributed by atoms with van der Waals surface area (Å²) in [4.78, 5) is 24.0. The SMILES string of the molecule is CCC(C)NC(=O)CCNC(=O)c1cccc(NS(=O)(=O)c2ccc(Cl)c(Cl)c2)c1. The molecule has 30 heavy (non-hydrogen) atoms. The van der Waals surface area contributed by atoms with E-state index in [-0.39, 0.29) is 51.1 Å². The Morgan fingerprint density at radius 2 is 1.80 bits per heavy atom. The van der Waals surface area contributed by atoms with E-state index < -0.39 is 15.9 Å². The zero-order chi connectivity index (χ0) is 22.3. The Hall–Kier alpha value is -2.29. The molecule has 2 aromatic rings. The largest absolute Gasteiger partial charge is 0.354 e. The monoisotopic (exact) mass is 471 g/mol. The van der Waals surface area contributed by atoms with Crippen LogP contribution < -0.4 is 15.4 Å². The highest BCUT2D eigenvalue weighted by atomic mass is 35.5. The summed E-state index contributed by atoms with van der Waals surface area (Å²) in [6.45, 7) is 4.04. The first-order chi connectivity index (χ1) is 14.1. The second kappa shape index (κ2) is 10.7. The van der Waals surface area contributed by atoms with Gasteiger partial charge in [-0.2, -0.15) is 0 Å². The summed E-state index contributed by atoms with van der Waals surface area (Å²) in [5.74, 6) is -0.560. The first-order valence-corrected chi connectivity index (χ1v) is 11.5. The summed E-state index contributed by atoms with van der Waals surface area (Å²) in [7, 11) is -3.92. The van der Waals surface area contributed by atoms with Crippen molar-refractivity contribution in [2.45, 2.75) is 37.6 Å². The summed E-state index contributed by atoms with van der Waals surface area (Å²) in [5, 5.41) is 5.82. The number of sulfonamides is 1. The molecule has 7 nitrogen and oxygen atoms in total. The van der Waals surface area contributed by atoms with E-state index in [1.807, 2.05) is 13.8 Å². The van der Waals surface area contributed by atoms with E-state index in [9.17, 15) is 18.0 Å². The highest BCUT2D eigenvalue weighted by Gasteiger charge is 2.17. The Morgan fingerprint density at radius 1 is 1.07 bits per heavy atom. The van der Waals surface area contributed by atoms with Crippen molar-refractivity contribution in [3.05, 3.63) is 58.1 Å². The van der Waals surface area contributed by atoms with Gasteiger partial charge in [-0.05, 0) is 49.7 Å². The molecule has 0 aromatic heterocycles. The van der Waals surface area contributed by atoms with Gasteiger partial charge in [-0.1, -0.05) is 36.2 Å². The van der Waals surface area contributed by atoms with E-state index in [1.165, 1.54) is 30.3 Å². The van der Waals surface area contributed by atoms with Crippen LogP contribution in [0.1, 0.15) is 37.0 Å². The molecule has 0 heterocycles. The number of hydrogen-bond donors (Lipinski definition) is 3. The van der Waals surface area contributed by atoms with Crippen molar-refractivity contribution in [3.8, 4) is 0 Å². The first kappa shape index (κ1) is 24.0. The van der Waals surface area contributed by atoms with Gasteiger partial charge >= 0.3 is 0 Å². The number of halogens is 2. The Bertz CT molecular complexity index is 1030. The molecule has 0 spiro atoms. The van der Waals surface area contributed by atoms with E-state index in [0.717, 1.165) is 6.42 Å². The van der Waals surface area contributed by atoms with Crippen LogP contribution in [0.2, 0.25) is 10.0 Å². The van der Waals surface area contributed by atoms with Gasteiger partial charge in [0.2, 0.25) is 5.91 Å². The summed E-state index contributed by atoms with van der Waals surface area (Å²) < 4.78 is 27.5. The van der Waals surface area contributed by atoms with Crippen LogP contribution in [0.4, 0.5) is 5.69 Å². The molecular weight excluding hydrogens is 449 g/mol. The predicted octanol–water partition coefficient (Wildman–Crippen LogP) is 3.83. The van der Waals surface area contributed by atoms with E-state index in [1.54, 1.807) is 12.1 Å². The Labute approximate surface area is 186 Å². The molecule has 10 heteroatoms. The van der Waals surface area contributed by atoms with Crippen LogP contribution in [-0.2, 0) is 14.8 Å². The molecule has 3 N–H and O–H groups in total. The van der Waals surface area contributed by atoms with Crippen molar-refractivity contribution in [1.82, 2.24) is 10.6 Å². The van der Waals surface area contributed by atoms with Gasteiger partial charge in [0.15, 0.2) is 0 Å². The lowest BCUT2D eigenvalue weighted by atomic mass is 10.2. The number of hydrogen-bond acceptors (Lipinski definition) is 4. The maximum Gasteiger partial charge on any atom is 0.261 e. The molecule has 162 valence electrons. The van der Waals surface area contributed by atoms with Gasteiger partial charge in [0.25, 0.3) is 15.9 Å². The van der Waals surface area contributed by atoms with Crippen molar-refractivity contribution < 1.29 is 18.0 Å². The third kappa shape index (κ3) is 6.90. The molecule has 0 saturated carbocycles. The summed E-state index contributed by atoms with van der Waals surface area (Å²) in [5.41, 5.74) is 0.468. The topological polar surface area (TPSA) is 104 Å². The van der Waals surface area contributed by atoms with Gasteiger partial charge in [0.05, 0.1) is 14.9 Å². The van der Waals surface area contributed by atoms with Crippen molar-refractivity contribution in [2.24, 2.45) is 0 Å². The molecule has 0 aliphatic carbocycles. The third-order valence-corrected chi connectivity index (χ3v) is 6.35. The number of benzene rings is 2. The number of carbonyl (C=O) groups is 2. The standard InChI is InChI=1S/C20H23Cl2N3O4S/c1-3-13(2)24-19(26)9-10-23-20(27)14-5-4-6-15(11-14)25-30(28,29)16-7-8-17(21)18(22)12-16/h4-8,11-13,25H,3,9-10H2,1-2H3,(H,23,27)(H,24,26). The van der Waals surface area contributed by atoms with Crippen LogP contribution in [-0.4, -0.2) is 32.8 Å². The van der Waals surface area contributed by atoms with Crippen LogP contribution in [0.15, 0.2) is 47.4 Å². The Kier molecular flexibility index (Phi) is 8.52. The summed E-state index contributed by atoms with van der Waals surface area (Å²) in [6, 6.07) is 10.1. The molecule has 0 saturated heterocycles. The van der Waals surface area contributed by atoms with E-state index >= 15 is 0 Å². The van der Waals surface area contributed by atoms with Crippen molar-refractivity contribution in [1.29, 1.82) is 0 Å². The van der Waals surface area contributed by atoms with Crippen LogP contribution in [0.25, 0.3) is 0 Å². The van der Waals surface area contributed by atoms with E-state index in [2.05, 4.69) is 15.4 Å². The molecule has 2 amide bonds. The lowest BCUT2D eigenvalue weighted by molar-refractivity contribution is -0.121. The fourth-order valence-corrected chi connectivity index (χ4v) is 3.86. The highest BCUT2D eigenvalue weighted by Crippen LogP contribution is 2.26. The molecule has 0 aliphatic rings. The lowest BCUT2D eigenvalue weighted by Crippen LogP contribution is -2.35. The lowest BCUT2D eigenvalue weighted by Gasteiger charge is -2.12. The number of amides is 2. The molecule has 1 unspecified atom stereocenters. The van der Waals surface area contributed by atoms with Crippen molar-refractivity contribution >= 4 is 50.7 Å². The van der Waals surface area contributed by atoms with Crippen LogP contribution in [0, 0.1) is 0 Å². The average Bonchev–Trinajstić information content (AvgIpc) is 2.69. The molecule has 0 bridgehead atoms. The van der Waals surface area contributed by atoms with Gasteiger partial charge in [-0.3, -0.25) is 14.3 Å². The maximum atomic E-state index is 12.5. The van der Waals surface area contributed by atoms with Crippen molar-refractivity contribution in [2.75, 3.05) is 11.3 Å². The fraction of sp³-hybridized carbons (Fsp3) is 0.300. The number of nitrogens with one attached hydrogen (secondary N) is 3. The van der Waals surface area contributed by atoms with E-state index in [4.69, 9.17) is 23.2 Å². The van der Waals surface area contributed by atoms with Crippen LogP contribution in [0.5, 0.6) is 0 Å². The number of rotatable bonds is 9. The van der Waals surface area contributed by atoms with Gasteiger partial charge in [0.1, 0.15) is 0 Å². The zero-order valence-electron chi connectivity index (χ0n) is 16.5. The second-order valence-electron chi connectivity index (χ2n) is 6.64. The molecule has 0 aliphatic heterocycles. The minimum Gasteiger partial charge on any atom is -0.354 e. The molecule has 0 radical (unpaired) electrons. The van der Waals surface area contributed by atoms with Gasteiger partial charge < -0.3 is 10.6 Å². The summed E-state index contributed by atoms with van der Waals surface area (Å²) >= 11 is 11.7. The van der Waals surface area contributed by atoms with Crippen LogP contribution in [0.3, 0.4) is 0 Å². The van der Waals surface area contributed by atoms with Crippen LogP contribution >= 0.6 is 23.2 Å². The molecule has 1 atom stereocenters. The Balaban J connectivity index is 2.00. The molecular formula is C20H23Cl2N3O4S. The Morgan fingerprint density at radius 3 is 2.47 bits per heavy atom. The molecule has 0 fully saturated rings. The zero-order valence-corrected chi connectivity index (χ0v) is 18.9. The second-order valence-corrected chi connectivity index (χ2v) is 9.14.